The Kier molecular flexibility index (Phi) is 5.04. The fraction of sp³-hybridized carbons (Fsp3) is 0.571. The van der Waals surface area contributed by atoms with E-state index in [2.05, 4.69) is 39.3 Å². The van der Waals surface area contributed by atoms with Crippen molar-refractivity contribution in [3.63, 3.8) is 0 Å². The molecular formula is C21H28N4O3. The third-order valence-corrected chi connectivity index (χ3v) is 6.28. The second-order valence-corrected chi connectivity index (χ2v) is 8.14. The highest BCUT2D eigenvalue weighted by atomic mass is 16.7. The summed E-state index contributed by atoms with van der Waals surface area (Å²) < 4.78 is 12.0. The summed E-state index contributed by atoms with van der Waals surface area (Å²) >= 11 is 0. The molecule has 5 rings (SSSR count). The lowest BCUT2D eigenvalue weighted by Crippen LogP contribution is -2.66. The molecule has 28 heavy (non-hydrogen) atoms. The number of likely N-dealkylation sites (N-methyl/N-ethyl adjacent to an activating group) is 1. The summed E-state index contributed by atoms with van der Waals surface area (Å²) in [7, 11) is 2.13. The second-order valence-electron chi connectivity index (χ2n) is 8.14. The van der Waals surface area contributed by atoms with E-state index in [1.807, 2.05) is 24.4 Å². The number of rotatable bonds is 4. The summed E-state index contributed by atoms with van der Waals surface area (Å²) in [6.45, 7) is 5.01. The Morgan fingerprint density at radius 1 is 1.21 bits per heavy atom. The van der Waals surface area contributed by atoms with Crippen LogP contribution in [0.15, 0.2) is 36.5 Å². The van der Waals surface area contributed by atoms with Crippen molar-refractivity contribution in [2.45, 2.75) is 37.1 Å². The van der Waals surface area contributed by atoms with Crippen LogP contribution in [-0.4, -0.2) is 90.3 Å². The van der Waals surface area contributed by atoms with E-state index in [0.717, 1.165) is 42.6 Å². The van der Waals surface area contributed by atoms with Gasteiger partial charge in [-0.2, -0.15) is 0 Å². The standard InChI is InChI=1S/C21H28N4O3/c1-24-6-8-25(9-7-24)19-20(26)18(17-13-27-21(19)28-17)23-12-14-10-15-4-2-3-5-16(15)22-11-14/h2-5,10-11,17-21,23,26H,6-9,12-13H2,1H3/t17-,18+,19-,20-,21+/m0/s1. The summed E-state index contributed by atoms with van der Waals surface area (Å²) in [5, 5.41) is 15.8. The van der Waals surface area contributed by atoms with Gasteiger partial charge in [-0.05, 0) is 24.7 Å². The molecule has 7 nitrogen and oxygen atoms in total. The highest BCUT2D eigenvalue weighted by Crippen LogP contribution is 2.32. The molecule has 0 aliphatic carbocycles. The van der Waals surface area contributed by atoms with Crippen molar-refractivity contribution in [2.75, 3.05) is 39.8 Å². The Morgan fingerprint density at radius 2 is 2.04 bits per heavy atom. The molecule has 2 N–H and O–H groups in total. The highest BCUT2D eigenvalue weighted by molar-refractivity contribution is 5.78. The number of piperazine rings is 1. The Balaban J connectivity index is 1.29. The Bertz CT molecular complexity index is 826. The van der Waals surface area contributed by atoms with Gasteiger partial charge in [0.05, 0.1) is 30.3 Å². The zero-order chi connectivity index (χ0) is 19.1. The number of aromatic nitrogens is 1. The second kappa shape index (κ2) is 7.67. The van der Waals surface area contributed by atoms with E-state index < -0.39 is 6.10 Å². The van der Waals surface area contributed by atoms with E-state index in [0.29, 0.717) is 13.2 Å². The fourth-order valence-electron chi connectivity index (χ4n) is 4.61. The molecule has 0 saturated carbocycles. The first-order valence-corrected chi connectivity index (χ1v) is 10.1. The normalized spacial score (nSPS) is 34.1. The Hall–Kier alpha value is -1.61. The summed E-state index contributed by atoms with van der Waals surface area (Å²) in [5.41, 5.74) is 2.09. The minimum absolute atomic E-state index is 0.114. The average Bonchev–Trinajstić information content (AvgIpc) is 3.14. The van der Waals surface area contributed by atoms with Gasteiger partial charge in [-0.1, -0.05) is 18.2 Å². The number of benzene rings is 1. The van der Waals surface area contributed by atoms with Crippen LogP contribution in [0.25, 0.3) is 10.9 Å². The van der Waals surface area contributed by atoms with Gasteiger partial charge in [0.1, 0.15) is 6.10 Å². The van der Waals surface area contributed by atoms with Crippen molar-refractivity contribution in [1.29, 1.82) is 0 Å². The van der Waals surface area contributed by atoms with E-state index in [4.69, 9.17) is 9.47 Å². The molecule has 0 spiro atoms. The van der Waals surface area contributed by atoms with Crippen LogP contribution >= 0.6 is 0 Å². The Labute approximate surface area is 165 Å². The molecule has 2 aromatic rings. The van der Waals surface area contributed by atoms with Gasteiger partial charge >= 0.3 is 0 Å². The maximum absolute atomic E-state index is 11.2. The SMILES string of the molecule is CN1CCN([C@@H]2[C@@H]3OC[C@H](O3)[C@@H](NCc3cnc4ccccc4c3)[C@@H]2O)CC1. The number of hydrogen-bond acceptors (Lipinski definition) is 7. The average molecular weight is 384 g/mol. The first-order valence-electron chi connectivity index (χ1n) is 10.1. The molecule has 0 radical (unpaired) electrons. The smallest absolute Gasteiger partial charge is 0.176 e. The number of hydrogen-bond donors (Lipinski definition) is 2. The van der Waals surface area contributed by atoms with Gasteiger partial charge in [0.25, 0.3) is 0 Å². The van der Waals surface area contributed by atoms with E-state index >= 15 is 0 Å². The molecule has 3 fully saturated rings. The molecule has 3 aliphatic heterocycles. The minimum Gasteiger partial charge on any atom is -0.390 e. The number of aliphatic hydroxyl groups is 1. The molecule has 3 aliphatic rings. The van der Waals surface area contributed by atoms with Crippen LogP contribution in [-0.2, 0) is 16.0 Å². The lowest BCUT2D eigenvalue weighted by Gasteiger charge is -2.46. The number of nitrogens with one attached hydrogen (secondary N) is 1. The third-order valence-electron chi connectivity index (χ3n) is 6.28. The number of fused-ring (bicyclic) bond motifs is 3. The van der Waals surface area contributed by atoms with Crippen molar-refractivity contribution in [3.8, 4) is 0 Å². The van der Waals surface area contributed by atoms with Crippen molar-refractivity contribution in [3.05, 3.63) is 42.1 Å². The molecule has 150 valence electrons. The Morgan fingerprint density at radius 3 is 2.89 bits per heavy atom. The van der Waals surface area contributed by atoms with Gasteiger partial charge in [-0.15, -0.1) is 0 Å². The zero-order valence-electron chi connectivity index (χ0n) is 16.2. The molecule has 7 heteroatoms. The molecule has 0 amide bonds. The van der Waals surface area contributed by atoms with Gasteiger partial charge in [0, 0.05) is 44.3 Å². The molecule has 2 bridgehead atoms. The molecule has 0 unspecified atom stereocenters. The highest BCUT2D eigenvalue weighted by Gasteiger charge is 2.52. The van der Waals surface area contributed by atoms with E-state index in [-0.39, 0.29) is 24.5 Å². The van der Waals surface area contributed by atoms with Gasteiger partial charge < -0.3 is 24.8 Å². The lowest BCUT2D eigenvalue weighted by atomic mass is 9.94. The van der Waals surface area contributed by atoms with E-state index in [9.17, 15) is 5.11 Å². The number of aliphatic hydroxyl groups excluding tert-OH is 1. The first kappa shape index (κ1) is 18.4. The largest absolute Gasteiger partial charge is 0.390 e. The van der Waals surface area contributed by atoms with Gasteiger partial charge in [0.15, 0.2) is 6.29 Å². The number of pyridine rings is 1. The van der Waals surface area contributed by atoms with E-state index in [1.165, 1.54) is 0 Å². The number of ether oxygens (including phenoxy) is 2. The fourth-order valence-corrected chi connectivity index (χ4v) is 4.61. The number of para-hydroxylation sites is 1. The summed E-state index contributed by atoms with van der Waals surface area (Å²) in [6.07, 6.45) is 0.932. The molecule has 1 aromatic heterocycles. The lowest BCUT2D eigenvalue weighted by molar-refractivity contribution is -0.186. The van der Waals surface area contributed by atoms with Crippen LogP contribution in [0.5, 0.6) is 0 Å². The maximum atomic E-state index is 11.2. The zero-order valence-corrected chi connectivity index (χ0v) is 16.2. The van der Waals surface area contributed by atoms with Crippen LogP contribution in [0, 0.1) is 0 Å². The predicted molar refractivity (Wildman–Crippen MR) is 106 cm³/mol. The number of nitrogens with zero attached hydrogens (tertiary/aromatic N) is 3. The van der Waals surface area contributed by atoms with Gasteiger partial charge in [-0.3, -0.25) is 9.88 Å². The monoisotopic (exact) mass is 384 g/mol. The molecular weight excluding hydrogens is 356 g/mol. The van der Waals surface area contributed by atoms with Crippen LogP contribution in [0.4, 0.5) is 0 Å². The van der Waals surface area contributed by atoms with Crippen molar-refractivity contribution < 1.29 is 14.6 Å². The van der Waals surface area contributed by atoms with Crippen LogP contribution in [0.1, 0.15) is 5.56 Å². The third kappa shape index (κ3) is 3.43. The van der Waals surface area contributed by atoms with Crippen molar-refractivity contribution in [1.82, 2.24) is 20.1 Å². The van der Waals surface area contributed by atoms with Crippen LogP contribution in [0.3, 0.4) is 0 Å². The summed E-state index contributed by atoms with van der Waals surface area (Å²) in [5.74, 6) is 0. The quantitative estimate of drug-likeness (QED) is 0.792. The predicted octanol–water partition coefficient (Wildman–Crippen LogP) is 0.425. The van der Waals surface area contributed by atoms with Gasteiger partial charge in [0.2, 0.25) is 0 Å². The summed E-state index contributed by atoms with van der Waals surface area (Å²) in [6, 6.07) is 9.98. The maximum Gasteiger partial charge on any atom is 0.176 e. The van der Waals surface area contributed by atoms with E-state index in [1.54, 1.807) is 0 Å². The van der Waals surface area contributed by atoms with Crippen molar-refractivity contribution >= 4 is 10.9 Å². The van der Waals surface area contributed by atoms with Gasteiger partial charge in [-0.25, -0.2) is 0 Å². The molecule has 1 aromatic carbocycles. The topological polar surface area (TPSA) is 70.1 Å². The van der Waals surface area contributed by atoms with Crippen LogP contribution in [0.2, 0.25) is 0 Å². The summed E-state index contributed by atoms with van der Waals surface area (Å²) in [4.78, 5) is 9.17. The molecule has 4 heterocycles. The van der Waals surface area contributed by atoms with Crippen molar-refractivity contribution in [2.24, 2.45) is 0 Å². The minimum atomic E-state index is -0.525. The first-order chi connectivity index (χ1) is 13.7. The van der Waals surface area contributed by atoms with Crippen LogP contribution < -0.4 is 5.32 Å². The molecule has 3 saturated heterocycles. The molecule has 5 atom stereocenters.